The maximum absolute atomic E-state index is 5.59. The molecule has 0 bridgehead atoms. The molecular formula is C12H10Cl. The highest BCUT2D eigenvalue weighted by Gasteiger charge is 2.12. The van der Waals surface area contributed by atoms with Crippen molar-refractivity contribution < 1.29 is 0 Å². The van der Waals surface area contributed by atoms with Crippen LogP contribution in [-0.2, 0) is 0 Å². The Hall–Kier alpha value is -1.01. The van der Waals surface area contributed by atoms with E-state index >= 15 is 0 Å². The molecule has 0 N–H and O–H groups in total. The topological polar surface area (TPSA) is 0 Å². The Balaban J connectivity index is 2.28. The van der Waals surface area contributed by atoms with Crippen molar-refractivity contribution in [1.82, 2.24) is 0 Å². The summed E-state index contributed by atoms with van der Waals surface area (Å²) < 4.78 is 0. The van der Waals surface area contributed by atoms with Crippen LogP contribution in [0.25, 0.3) is 6.08 Å². The quantitative estimate of drug-likeness (QED) is 0.494. The first-order chi connectivity index (χ1) is 6.42. The van der Waals surface area contributed by atoms with E-state index in [1.165, 1.54) is 11.1 Å². The number of hydrogen-bond acceptors (Lipinski definition) is 0. The highest BCUT2D eigenvalue weighted by atomic mass is 35.5. The van der Waals surface area contributed by atoms with Crippen LogP contribution in [-0.4, -0.2) is 5.88 Å². The highest BCUT2D eigenvalue weighted by molar-refractivity contribution is 6.18. The van der Waals surface area contributed by atoms with Crippen molar-refractivity contribution in [3.8, 4) is 0 Å². The van der Waals surface area contributed by atoms with Gasteiger partial charge >= 0.3 is 0 Å². The average Bonchev–Trinajstić information content (AvgIpc) is 2.58. The third-order valence-electron chi connectivity index (χ3n) is 2.21. The normalized spacial score (nSPS) is 19.6. The fraction of sp³-hybridized carbons (Fsp3) is 0.167. The molecule has 0 fully saturated rings. The van der Waals surface area contributed by atoms with Gasteiger partial charge in [0.15, 0.2) is 0 Å². The minimum Gasteiger partial charge on any atom is -0.122 e. The molecule has 1 atom stereocenters. The molecule has 0 heterocycles. The lowest BCUT2D eigenvalue weighted by molar-refractivity contribution is 1.11. The Kier molecular flexibility index (Phi) is 2.51. The molecule has 1 unspecified atom stereocenters. The second-order valence-electron chi connectivity index (χ2n) is 3.02. The summed E-state index contributed by atoms with van der Waals surface area (Å²) in [6, 6.07) is 9.14. The van der Waals surface area contributed by atoms with E-state index in [1.54, 1.807) is 0 Å². The number of hydrogen-bond donors (Lipinski definition) is 0. The molecular weight excluding hydrogens is 180 g/mol. The number of halogens is 1. The lowest BCUT2D eigenvalue weighted by Crippen LogP contribution is -1.88. The molecule has 1 heteroatoms. The van der Waals surface area contributed by atoms with E-state index in [2.05, 4.69) is 30.4 Å². The van der Waals surface area contributed by atoms with Crippen LogP contribution < -0.4 is 0 Å². The van der Waals surface area contributed by atoms with Crippen molar-refractivity contribution >= 4 is 17.7 Å². The molecule has 2 rings (SSSR count). The number of rotatable bonds is 2. The maximum Gasteiger partial charge on any atom is 0.0404 e. The fourth-order valence-electron chi connectivity index (χ4n) is 1.58. The van der Waals surface area contributed by atoms with E-state index in [0.29, 0.717) is 11.8 Å². The number of alkyl halides is 1. The van der Waals surface area contributed by atoms with Crippen LogP contribution in [0.1, 0.15) is 17.0 Å². The van der Waals surface area contributed by atoms with Crippen molar-refractivity contribution in [3.63, 3.8) is 0 Å². The van der Waals surface area contributed by atoms with Crippen LogP contribution in [0.15, 0.2) is 36.4 Å². The molecule has 0 aliphatic heterocycles. The van der Waals surface area contributed by atoms with Gasteiger partial charge in [0.05, 0.1) is 0 Å². The SMILES string of the molecule is ClC/C=C/C1C=Cc2c[c]ccc21. The molecule has 1 aromatic carbocycles. The van der Waals surface area contributed by atoms with Gasteiger partial charge in [0, 0.05) is 11.8 Å². The van der Waals surface area contributed by atoms with Gasteiger partial charge in [-0.15, -0.1) is 11.6 Å². The average molecular weight is 190 g/mol. The molecule has 0 spiro atoms. The van der Waals surface area contributed by atoms with Crippen LogP contribution in [0.5, 0.6) is 0 Å². The van der Waals surface area contributed by atoms with E-state index in [0.717, 1.165) is 0 Å². The second kappa shape index (κ2) is 3.80. The predicted octanol–water partition coefficient (Wildman–Crippen LogP) is 3.39. The summed E-state index contributed by atoms with van der Waals surface area (Å²) in [5.74, 6) is 0.988. The Morgan fingerprint density at radius 2 is 2.46 bits per heavy atom. The van der Waals surface area contributed by atoms with E-state index in [-0.39, 0.29) is 0 Å². The van der Waals surface area contributed by atoms with Gasteiger partial charge in [-0.2, -0.15) is 0 Å². The van der Waals surface area contributed by atoms with Crippen LogP contribution in [0.4, 0.5) is 0 Å². The van der Waals surface area contributed by atoms with Crippen molar-refractivity contribution in [1.29, 1.82) is 0 Å². The van der Waals surface area contributed by atoms with Gasteiger partial charge < -0.3 is 0 Å². The molecule has 65 valence electrons. The summed E-state index contributed by atoms with van der Waals surface area (Å²) in [4.78, 5) is 0. The summed E-state index contributed by atoms with van der Waals surface area (Å²) in [7, 11) is 0. The number of fused-ring (bicyclic) bond motifs is 1. The summed E-state index contributed by atoms with van der Waals surface area (Å²) >= 11 is 5.59. The number of allylic oxidation sites excluding steroid dienone is 3. The van der Waals surface area contributed by atoms with Crippen LogP contribution in [0, 0.1) is 6.07 Å². The molecule has 0 nitrogen and oxygen atoms in total. The maximum atomic E-state index is 5.59. The zero-order valence-electron chi connectivity index (χ0n) is 7.20. The van der Waals surface area contributed by atoms with Gasteiger partial charge in [-0.3, -0.25) is 0 Å². The minimum absolute atomic E-state index is 0.406. The predicted molar refractivity (Wildman–Crippen MR) is 56.9 cm³/mol. The van der Waals surface area contributed by atoms with Gasteiger partial charge in [-0.25, -0.2) is 0 Å². The van der Waals surface area contributed by atoms with Crippen molar-refractivity contribution in [2.45, 2.75) is 5.92 Å². The molecule has 0 saturated heterocycles. The fourth-order valence-corrected chi connectivity index (χ4v) is 1.68. The standard InChI is InChI=1S/C12H10Cl/c13-9-3-5-11-8-7-10-4-1-2-6-12(10)11/h2-8,11H,9H2/b5-3+. The van der Waals surface area contributed by atoms with Crippen LogP contribution in [0.3, 0.4) is 0 Å². The molecule has 1 aliphatic carbocycles. The van der Waals surface area contributed by atoms with E-state index in [1.807, 2.05) is 18.2 Å². The first kappa shape index (κ1) is 8.58. The molecule has 1 aromatic rings. The van der Waals surface area contributed by atoms with Crippen LogP contribution in [0.2, 0.25) is 0 Å². The van der Waals surface area contributed by atoms with E-state index in [9.17, 15) is 0 Å². The molecule has 1 aliphatic rings. The summed E-state index contributed by atoms with van der Waals surface area (Å²) in [5.41, 5.74) is 2.62. The zero-order chi connectivity index (χ0) is 9.10. The molecule has 0 amide bonds. The molecule has 0 saturated carbocycles. The molecule has 13 heavy (non-hydrogen) atoms. The lowest BCUT2D eigenvalue weighted by atomic mass is 10.0. The highest BCUT2D eigenvalue weighted by Crippen LogP contribution is 2.30. The molecule has 0 aromatic heterocycles. The Labute approximate surface area is 83.5 Å². The van der Waals surface area contributed by atoms with Crippen LogP contribution >= 0.6 is 11.6 Å². The van der Waals surface area contributed by atoms with Gasteiger partial charge in [-0.1, -0.05) is 36.4 Å². The van der Waals surface area contributed by atoms with Crippen molar-refractivity contribution in [2.75, 3.05) is 5.88 Å². The Morgan fingerprint density at radius 1 is 1.54 bits per heavy atom. The minimum atomic E-state index is 0.406. The lowest BCUT2D eigenvalue weighted by Gasteiger charge is -2.04. The number of benzene rings is 1. The van der Waals surface area contributed by atoms with Gasteiger partial charge in [-0.05, 0) is 23.3 Å². The Bertz CT molecular complexity index is 350. The van der Waals surface area contributed by atoms with E-state index < -0.39 is 0 Å². The Morgan fingerprint density at radius 3 is 3.31 bits per heavy atom. The van der Waals surface area contributed by atoms with Gasteiger partial charge in [0.25, 0.3) is 0 Å². The first-order valence-electron chi connectivity index (χ1n) is 4.32. The smallest absolute Gasteiger partial charge is 0.0404 e. The largest absolute Gasteiger partial charge is 0.122 e. The second-order valence-corrected chi connectivity index (χ2v) is 3.33. The summed E-state index contributed by atoms with van der Waals surface area (Å²) in [6.45, 7) is 0. The molecule has 1 radical (unpaired) electrons. The van der Waals surface area contributed by atoms with Gasteiger partial charge in [0.1, 0.15) is 0 Å². The van der Waals surface area contributed by atoms with Crippen molar-refractivity contribution in [3.05, 3.63) is 53.6 Å². The third kappa shape index (κ3) is 1.68. The van der Waals surface area contributed by atoms with E-state index in [4.69, 9.17) is 11.6 Å². The third-order valence-corrected chi connectivity index (χ3v) is 2.38. The first-order valence-corrected chi connectivity index (χ1v) is 4.86. The summed E-state index contributed by atoms with van der Waals surface area (Å²) in [6.07, 6.45) is 8.44. The monoisotopic (exact) mass is 189 g/mol. The summed E-state index contributed by atoms with van der Waals surface area (Å²) in [5, 5.41) is 0. The van der Waals surface area contributed by atoms with Gasteiger partial charge in [0.2, 0.25) is 0 Å². The van der Waals surface area contributed by atoms with Crippen molar-refractivity contribution in [2.24, 2.45) is 0 Å². The zero-order valence-corrected chi connectivity index (χ0v) is 7.96.